The Morgan fingerprint density at radius 3 is 2.61 bits per heavy atom. The van der Waals surface area contributed by atoms with Gasteiger partial charge in [0, 0.05) is 29.2 Å². The highest BCUT2D eigenvalue weighted by Crippen LogP contribution is 2.55. The molecule has 0 radical (unpaired) electrons. The molecule has 1 heterocycles. The average molecular weight is 471 g/mol. The number of carbonyl (C=O) groups excluding carboxylic acids is 1. The molecule has 1 aliphatic heterocycles. The Morgan fingerprint density at radius 1 is 1.25 bits per heavy atom. The Hall–Kier alpha value is -0.960. The molecule has 3 fully saturated rings. The van der Waals surface area contributed by atoms with E-state index < -0.39 is 10.0 Å². The zero-order valence-corrected chi connectivity index (χ0v) is 18.7. The largest absolute Gasteiger partial charge is 0.379 e. The van der Waals surface area contributed by atoms with Crippen LogP contribution in [0.25, 0.3) is 0 Å². The van der Waals surface area contributed by atoms with Gasteiger partial charge in [-0.25, -0.2) is 8.42 Å². The molecular formula is C20H27BrN2O4S. The number of hydrogen-bond donors (Lipinski definition) is 1. The van der Waals surface area contributed by atoms with Crippen LogP contribution in [0.5, 0.6) is 0 Å². The highest BCUT2D eigenvalue weighted by molar-refractivity contribution is 9.10. The zero-order chi connectivity index (χ0) is 20.1. The highest BCUT2D eigenvalue weighted by atomic mass is 79.9. The number of rotatable bonds is 4. The molecule has 154 valence electrons. The minimum absolute atomic E-state index is 0.0800. The van der Waals surface area contributed by atoms with E-state index in [1.54, 1.807) is 12.1 Å². The van der Waals surface area contributed by atoms with Crippen molar-refractivity contribution in [3.8, 4) is 0 Å². The predicted octanol–water partition coefficient (Wildman–Crippen LogP) is 3.02. The molecule has 4 rings (SSSR count). The van der Waals surface area contributed by atoms with E-state index in [0.29, 0.717) is 48.2 Å². The summed E-state index contributed by atoms with van der Waals surface area (Å²) in [4.78, 5) is 13.1. The van der Waals surface area contributed by atoms with Crippen LogP contribution in [0.3, 0.4) is 0 Å². The van der Waals surface area contributed by atoms with E-state index in [4.69, 9.17) is 4.74 Å². The number of sulfonamides is 1. The third-order valence-electron chi connectivity index (χ3n) is 6.87. The molecule has 1 aromatic rings. The second-order valence-corrected chi connectivity index (χ2v) is 11.5. The molecule has 1 N–H and O–H groups in total. The molecule has 2 aliphatic carbocycles. The maximum absolute atomic E-state index is 13.0. The molecule has 28 heavy (non-hydrogen) atoms. The van der Waals surface area contributed by atoms with Gasteiger partial charge in [0.25, 0.3) is 5.91 Å². The highest BCUT2D eigenvalue weighted by Gasteiger charge is 2.53. The van der Waals surface area contributed by atoms with Crippen molar-refractivity contribution >= 4 is 31.9 Å². The lowest BCUT2D eigenvalue weighted by molar-refractivity contribution is 0.0730. The van der Waals surface area contributed by atoms with Crippen LogP contribution in [0.15, 0.2) is 27.6 Å². The Morgan fingerprint density at radius 2 is 1.96 bits per heavy atom. The van der Waals surface area contributed by atoms with E-state index in [0.717, 1.165) is 6.42 Å². The van der Waals surface area contributed by atoms with Gasteiger partial charge < -0.3 is 10.1 Å². The average Bonchev–Trinajstić information content (AvgIpc) is 3.24. The van der Waals surface area contributed by atoms with Crippen LogP contribution < -0.4 is 5.32 Å². The van der Waals surface area contributed by atoms with Gasteiger partial charge in [-0.05, 0) is 70.6 Å². The van der Waals surface area contributed by atoms with Gasteiger partial charge in [-0.1, -0.05) is 13.8 Å². The first-order valence-corrected chi connectivity index (χ1v) is 12.1. The van der Waals surface area contributed by atoms with Gasteiger partial charge in [0.15, 0.2) is 0 Å². The van der Waals surface area contributed by atoms with Crippen molar-refractivity contribution in [2.75, 3.05) is 26.3 Å². The van der Waals surface area contributed by atoms with Crippen LogP contribution in [0, 0.1) is 17.3 Å². The molecule has 1 saturated heterocycles. The molecule has 0 aromatic heterocycles. The summed E-state index contributed by atoms with van der Waals surface area (Å²) < 4.78 is 33.2. The first kappa shape index (κ1) is 20.3. The summed E-state index contributed by atoms with van der Waals surface area (Å²) in [5, 5.41) is 3.21. The van der Waals surface area contributed by atoms with Crippen molar-refractivity contribution in [1.29, 1.82) is 0 Å². The smallest absolute Gasteiger partial charge is 0.251 e. The van der Waals surface area contributed by atoms with E-state index in [-0.39, 0.29) is 22.3 Å². The van der Waals surface area contributed by atoms with Crippen LogP contribution in [-0.4, -0.2) is 51.0 Å². The Labute approximate surface area is 175 Å². The van der Waals surface area contributed by atoms with Gasteiger partial charge in [-0.3, -0.25) is 4.79 Å². The minimum atomic E-state index is -3.68. The maximum atomic E-state index is 13.0. The summed E-state index contributed by atoms with van der Waals surface area (Å²) in [5.74, 6) is 0.984. The fraction of sp³-hybridized carbons (Fsp3) is 0.650. The monoisotopic (exact) mass is 470 g/mol. The zero-order valence-electron chi connectivity index (χ0n) is 16.3. The number of halogens is 1. The lowest BCUT2D eigenvalue weighted by Gasteiger charge is -2.38. The topological polar surface area (TPSA) is 75.7 Å². The number of morpholine rings is 1. The van der Waals surface area contributed by atoms with Crippen molar-refractivity contribution < 1.29 is 17.9 Å². The van der Waals surface area contributed by atoms with Crippen LogP contribution in [0.1, 0.15) is 43.5 Å². The Kier molecular flexibility index (Phi) is 5.35. The number of hydrogen-bond acceptors (Lipinski definition) is 4. The van der Waals surface area contributed by atoms with Gasteiger partial charge in [0.2, 0.25) is 10.0 Å². The van der Waals surface area contributed by atoms with Crippen LogP contribution in [0.4, 0.5) is 0 Å². The van der Waals surface area contributed by atoms with Crippen molar-refractivity contribution in [3.05, 3.63) is 28.2 Å². The molecule has 3 aliphatic rings. The SMILES string of the molecule is CC1(C)C(NC(=O)c2ccc(Br)c(S(=O)(=O)N3CCOCC3)c2)[C@H]2CC[C@@H]1C2. The van der Waals surface area contributed by atoms with Gasteiger partial charge >= 0.3 is 0 Å². The number of nitrogens with zero attached hydrogens (tertiary/aromatic N) is 1. The van der Waals surface area contributed by atoms with E-state index in [2.05, 4.69) is 35.1 Å². The van der Waals surface area contributed by atoms with Crippen molar-refractivity contribution in [2.24, 2.45) is 17.3 Å². The number of fused-ring (bicyclic) bond motifs is 2. The summed E-state index contributed by atoms with van der Waals surface area (Å²) in [6, 6.07) is 4.96. The van der Waals surface area contributed by atoms with E-state index in [9.17, 15) is 13.2 Å². The molecule has 1 amide bonds. The van der Waals surface area contributed by atoms with Gasteiger partial charge in [0.1, 0.15) is 0 Å². The summed E-state index contributed by atoms with van der Waals surface area (Å²) in [7, 11) is -3.68. The van der Waals surface area contributed by atoms with E-state index >= 15 is 0 Å². The first-order valence-electron chi connectivity index (χ1n) is 9.89. The van der Waals surface area contributed by atoms with E-state index in [1.807, 2.05) is 0 Å². The molecule has 2 bridgehead atoms. The lowest BCUT2D eigenvalue weighted by Crippen LogP contribution is -2.48. The second kappa shape index (κ2) is 7.38. The third-order valence-corrected chi connectivity index (χ3v) is 9.76. The molecule has 0 spiro atoms. The molecule has 3 atom stereocenters. The van der Waals surface area contributed by atoms with Crippen molar-refractivity contribution in [3.63, 3.8) is 0 Å². The second-order valence-electron chi connectivity index (χ2n) is 8.70. The molecule has 2 saturated carbocycles. The van der Waals surface area contributed by atoms with Gasteiger partial charge in [-0.15, -0.1) is 0 Å². The third kappa shape index (κ3) is 3.42. The summed E-state index contributed by atoms with van der Waals surface area (Å²) in [6.07, 6.45) is 3.58. The molecular weight excluding hydrogens is 444 g/mol. The van der Waals surface area contributed by atoms with Crippen molar-refractivity contribution in [1.82, 2.24) is 9.62 Å². The minimum Gasteiger partial charge on any atom is -0.379 e. The summed E-state index contributed by atoms with van der Waals surface area (Å²) >= 11 is 3.35. The van der Waals surface area contributed by atoms with Crippen LogP contribution in [-0.2, 0) is 14.8 Å². The lowest BCUT2D eigenvalue weighted by atomic mass is 9.73. The number of amides is 1. The van der Waals surface area contributed by atoms with Gasteiger partial charge in [-0.2, -0.15) is 4.31 Å². The standard InChI is InChI=1S/C20H27BrN2O4S/c1-20(2)15-5-3-13(11-15)18(20)22-19(24)14-4-6-16(21)17(12-14)28(25,26)23-7-9-27-10-8-23/h4,6,12-13,15,18H,3,5,7-11H2,1-2H3,(H,22,24)/t13-,15+,18?/m0/s1. The predicted molar refractivity (Wildman–Crippen MR) is 110 cm³/mol. The molecule has 1 aromatic carbocycles. The van der Waals surface area contributed by atoms with Crippen LogP contribution >= 0.6 is 15.9 Å². The molecule has 6 nitrogen and oxygen atoms in total. The maximum Gasteiger partial charge on any atom is 0.251 e. The fourth-order valence-corrected chi connectivity index (χ4v) is 7.51. The summed E-state index contributed by atoms with van der Waals surface area (Å²) in [6.45, 7) is 5.89. The number of carbonyl (C=O) groups is 1. The number of nitrogens with one attached hydrogen (secondary N) is 1. The fourth-order valence-electron chi connectivity index (χ4n) is 5.15. The quantitative estimate of drug-likeness (QED) is 0.733. The normalized spacial score (nSPS) is 29.8. The molecule has 8 heteroatoms. The first-order chi connectivity index (χ1) is 13.2. The number of benzene rings is 1. The molecule has 1 unspecified atom stereocenters. The van der Waals surface area contributed by atoms with Crippen LogP contribution in [0.2, 0.25) is 0 Å². The summed E-state index contributed by atoms with van der Waals surface area (Å²) in [5.41, 5.74) is 0.463. The number of ether oxygens (including phenoxy) is 1. The van der Waals surface area contributed by atoms with Crippen molar-refractivity contribution in [2.45, 2.75) is 44.0 Å². The van der Waals surface area contributed by atoms with Gasteiger partial charge in [0.05, 0.1) is 18.1 Å². The van der Waals surface area contributed by atoms with E-state index in [1.165, 1.54) is 23.2 Å². The Balaban J connectivity index is 1.57. The Bertz CT molecular complexity index is 880.